The molecule has 1 rings (SSSR count). The predicted octanol–water partition coefficient (Wildman–Crippen LogP) is 3.44. The topological polar surface area (TPSA) is 35.5 Å². The molecule has 0 N–H and O–H groups in total. The molecule has 1 aromatic rings. The fourth-order valence-electron chi connectivity index (χ4n) is 1.37. The summed E-state index contributed by atoms with van der Waals surface area (Å²) in [7, 11) is 0. The maximum Gasteiger partial charge on any atom is 0.330 e. The summed E-state index contributed by atoms with van der Waals surface area (Å²) in [6.45, 7) is 5.14. The molecule has 98 valence electrons. The smallest absolute Gasteiger partial charge is 0.330 e. The van der Waals surface area contributed by atoms with Crippen molar-refractivity contribution in [1.82, 2.24) is 0 Å². The van der Waals surface area contributed by atoms with Crippen LogP contribution in [-0.2, 0) is 9.53 Å². The number of ether oxygens (including phenoxy) is 2. The number of esters is 1. The second-order valence-corrected chi connectivity index (χ2v) is 3.86. The van der Waals surface area contributed by atoms with Crippen molar-refractivity contribution in [3.05, 3.63) is 35.9 Å². The zero-order chi connectivity index (χ0) is 13.2. The summed E-state index contributed by atoms with van der Waals surface area (Å²) >= 11 is 0. The summed E-state index contributed by atoms with van der Waals surface area (Å²) in [5, 5.41) is 0. The van der Waals surface area contributed by atoms with Crippen molar-refractivity contribution in [1.29, 1.82) is 0 Å². The molecule has 0 atom stereocenters. The standard InChI is InChI=1S/C15H20O3/c1-3-5-12-18-15(16)11-8-13-6-9-14(10-7-13)17-4-2/h6-11H,3-5,12H2,1-2H3/b11-8+. The molecule has 0 saturated heterocycles. The lowest BCUT2D eigenvalue weighted by Crippen LogP contribution is -2.01. The van der Waals surface area contributed by atoms with Gasteiger partial charge in [0.05, 0.1) is 13.2 Å². The van der Waals surface area contributed by atoms with Crippen molar-refractivity contribution in [2.45, 2.75) is 26.7 Å². The molecular formula is C15H20O3. The Bertz CT molecular complexity index is 379. The Kier molecular flexibility index (Phi) is 6.62. The Morgan fingerprint density at radius 1 is 1.22 bits per heavy atom. The van der Waals surface area contributed by atoms with Crippen LogP contribution in [0.5, 0.6) is 5.75 Å². The van der Waals surface area contributed by atoms with Gasteiger partial charge in [0.15, 0.2) is 0 Å². The molecule has 0 radical (unpaired) electrons. The van der Waals surface area contributed by atoms with Gasteiger partial charge in [-0.1, -0.05) is 25.5 Å². The number of unbranched alkanes of at least 4 members (excludes halogenated alkanes) is 1. The molecule has 3 nitrogen and oxygen atoms in total. The van der Waals surface area contributed by atoms with Crippen LogP contribution in [0.3, 0.4) is 0 Å². The van der Waals surface area contributed by atoms with Gasteiger partial charge >= 0.3 is 5.97 Å². The lowest BCUT2D eigenvalue weighted by atomic mass is 10.2. The van der Waals surface area contributed by atoms with E-state index in [1.165, 1.54) is 6.08 Å². The van der Waals surface area contributed by atoms with E-state index in [1.807, 2.05) is 31.2 Å². The molecule has 0 aliphatic carbocycles. The number of hydrogen-bond acceptors (Lipinski definition) is 3. The van der Waals surface area contributed by atoms with Crippen LogP contribution < -0.4 is 4.74 Å². The average Bonchev–Trinajstić information content (AvgIpc) is 2.39. The first kappa shape index (κ1) is 14.3. The van der Waals surface area contributed by atoms with Gasteiger partial charge in [-0.15, -0.1) is 0 Å². The summed E-state index contributed by atoms with van der Waals surface area (Å²) in [6, 6.07) is 7.57. The van der Waals surface area contributed by atoms with Gasteiger partial charge in [0.2, 0.25) is 0 Å². The van der Waals surface area contributed by atoms with Crippen molar-refractivity contribution in [3.8, 4) is 5.75 Å². The lowest BCUT2D eigenvalue weighted by molar-refractivity contribution is -0.137. The van der Waals surface area contributed by atoms with Crippen LogP contribution in [0, 0.1) is 0 Å². The Labute approximate surface area is 108 Å². The first-order valence-corrected chi connectivity index (χ1v) is 6.34. The average molecular weight is 248 g/mol. The van der Waals surface area contributed by atoms with Crippen molar-refractivity contribution in [3.63, 3.8) is 0 Å². The molecule has 0 aliphatic heterocycles. The van der Waals surface area contributed by atoms with Crippen LogP contribution in [0.1, 0.15) is 32.3 Å². The van der Waals surface area contributed by atoms with E-state index in [0.29, 0.717) is 13.2 Å². The van der Waals surface area contributed by atoms with Crippen LogP contribution in [0.15, 0.2) is 30.3 Å². The van der Waals surface area contributed by atoms with E-state index in [9.17, 15) is 4.79 Å². The maximum absolute atomic E-state index is 11.3. The highest BCUT2D eigenvalue weighted by Gasteiger charge is 1.96. The number of carbonyl (C=O) groups is 1. The van der Waals surface area contributed by atoms with E-state index in [4.69, 9.17) is 9.47 Å². The highest BCUT2D eigenvalue weighted by atomic mass is 16.5. The Hall–Kier alpha value is -1.77. The summed E-state index contributed by atoms with van der Waals surface area (Å²) in [5.74, 6) is 0.539. The fraction of sp³-hybridized carbons (Fsp3) is 0.400. The first-order chi connectivity index (χ1) is 8.76. The summed E-state index contributed by atoms with van der Waals surface area (Å²) in [5.41, 5.74) is 0.950. The molecule has 1 aromatic carbocycles. The molecule has 0 unspecified atom stereocenters. The minimum absolute atomic E-state index is 0.294. The van der Waals surface area contributed by atoms with Gasteiger partial charge in [-0.25, -0.2) is 4.79 Å². The molecule has 0 aromatic heterocycles. The molecule has 0 heterocycles. The van der Waals surface area contributed by atoms with Crippen LogP contribution in [0.4, 0.5) is 0 Å². The summed E-state index contributed by atoms with van der Waals surface area (Å²) < 4.78 is 10.4. The van der Waals surface area contributed by atoms with E-state index < -0.39 is 0 Å². The van der Waals surface area contributed by atoms with Crippen molar-refractivity contribution >= 4 is 12.0 Å². The number of rotatable bonds is 7. The zero-order valence-corrected chi connectivity index (χ0v) is 11.0. The normalized spacial score (nSPS) is 10.6. The largest absolute Gasteiger partial charge is 0.494 e. The van der Waals surface area contributed by atoms with Gasteiger partial charge in [0.25, 0.3) is 0 Å². The zero-order valence-electron chi connectivity index (χ0n) is 11.0. The molecule has 0 amide bonds. The molecule has 0 saturated carbocycles. The molecule has 0 spiro atoms. The molecule has 0 bridgehead atoms. The van der Waals surface area contributed by atoms with E-state index in [0.717, 1.165) is 24.2 Å². The van der Waals surface area contributed by atoms with Gasteiger partial charge in [-0.2, -0.15) is 0 Å². The second-order valence-electron chi connectivity index (χ2n) is 3.86. The third-order valence-corrected chi connectivity index (χ3v) is 2.35. The molecule has 0 fully saturated rings. The molecular weight excluding hydrogens is 228 g/mol. The van der Waals surface area contributed by atoms with Gasteiger partial charge in [0, 0.05) is 6.08 Å². The number of carbonyl (C=O) groups excluding carboxylic acids is 1. The number of hydrogen-bond donors (Lipinski definition) is 0. The van der Waals surface area contributed by atoms with E-state index in [-0.39, 0.29) is 5.97 Å². The fourth-order valence-corrected chi connectivity index (χ4v) is 1.37. The highest BCUT2D eigenvalue weighted by molar-refractivity contribution is 5.87. The molecule has 0 aliphatic rings. The van der Waals surface area contributed by atoms with Crippen molar-refractivity contribution in [2.24, 2.45) is 0 Å². The van der Waals surface area contributed by atoms with E-state index in [2.05, 4.69) is 6.92 Å². The SMILES string of the molecule is CCCCOC(=O)/C=C/c1ccc(OCC)cc1. The first-order valence-electron chi connectivity index (χ1n) is 6.34. The highest BCUT2D eigenvalue weighted by Crippen LogP contribution is 2.13. The van der Waals surface area contributed by atoms with Crippen LogP contribution in [0.2, 0.25) is 0 Å². The van der Waals surface area contributed by atoms with Crippen LogP contribution in [0.25, 0.3) is 6.08 Å². The Morgan fingerprint density at radius 2 is 1.94 bits per heavy atom. The van der Waals surface area contributed by atoms with Gasteiger partial charge < -0.3 is 9.47 Å². The second kappa shape index (κ2) is 8.34. The van der Waals surface area contributed by atoms with Gasteiger partial charge in [0.1, 0.15) is 5.75 Å². The monoisotopic (exact) mass is 248 g/mol. The lowest BCUT2D eigenvalue weighted by Gasteiger charge is -2.02. The van der Waals surface area contributed by atoms with Crippen LogP contribution >= 0.6 is 0 Å². The Morgan fingerprint density at radius 3 is 2.56 bits per heavy atom. The van der Waals surface area contributed by atoms with E-state index in [1.54, 1.807) is 6.08 Å². The van der Waals surface area contributed by atoms with Crippen molar-refractivity contribution in [2.75, 3.05) is 13.2 Å². The summed E-state index contributed by atoms with van der Waals surface area (Å²) in [4.78, 5) is 11.3. The van der Waals surface area contributed by atoms with Crippen LogP contribution in [-0.4, -0.2) is 19.2 Å². The predicted molar refractivity (Wildman–Crippen MR) is 72.5 cm³/mol. The van der Waals surface area contributed by atoms with Crippen molar-refractivity contribution < 1.29 is 14.3 Å². The minimum Gasteiger partial charge on any atom is -0.494 e. The summed E-state index contributed by atoms with van der Waals surface area (Å²) in [6.07, 6.45) is 5.12. The Balaban J connectivity index is 2.43. The third kappa shape index (κ3) is 5.53. The van der Waals surface area contributed by atoms with Gasteiger partial charge in [-0.05, 0) is 37.1 Å². The molecule has 3 heteroatoms. The number of benzene rings is 1. The third-order valence-electron chi connectivity index (χ3n) is 2.35. The maximum atomic E-state index is 11.3. The van der Waals surface area contributed by atoms with Gasteiger partial charge in [-0.3, -0.25) is 0 Å². The minimum atomic E-state index is -0.294. The van der Waals surface area contributed by atoms with E-state index >= 15 is 0 Å². The molecule has 18 heavy (non-hydrogen) atoms. The quantitative estimate of drug-likeness (QED) is 0.421.